The van der Waals surface area contributed by atoms with Gasteiger partial charge in [0, 0.05) is 43.2 Å². The first-order valence-corrected chi connectivity index (χ1v) is 15.5. The number of hydrogen-bond donors (Lipinski definition) is 1. The number of hydrogen-bond acceptors (Lipinski definition) is 8. The second kappa shape index (κ2) is 14.7. The van der Waals surface area contributed by atoms with Crippen LogP contribution in [0.15, 0.2) is 65.6 Å². The van der Waals surface area contributed by atoms with Gasteiger partial charge in [0.05, 0.1) is 33.6 Å². The number of methoxy groups -OCH3 is 3. The van der Waals surface area contributed by atoms with Crippen molar-refractivity contribution in [3.05, 3.63) is 71.8 Å². The standard InChI is InChI=1S/C33H41N3O5S/c1-38-28-22-24(23-29(39-2)31(28)40-3)14-16-36-19-17-35(18-20-36)15-8-9-21-41-27-12-6-4-10-25(27)32-33(37)34-26-11-5-7-13-30(26)42-32/h4-7,10-13,22-23,32H,8-9,14-21H2,1-3H3,(H,34,37). The summed E-state index contributed by atoms with van der Waals surface area (Å²) < 4.78 is 22.7. The largest absolute Gasteiger partial charge is 0.493 e. The molecule has 1 fully saturated rings. The Kier molecular flexibility index (Phi) is 10.5. The summed E-state index contributed by atoms with van der Waals surface area (Å²) >= 11 is 1.58. The van der Waals surface area contributed by atoms with E-state index in [-0.39, 0.29) is 11.2 Å². The van der Waals surface area contributed by atoms with Crippen LogP contribution in [0, 0.1) is 0 Å². The third-order valence-corrected chi connectivity index (χ3v) is 9.18. The average molecular weight is 592 g/mol. The van der Waals surface area contributed by atoms with E-state index in [9.17, 15) is 4.79 Å². The van der Waals surface area contributed by atoms with E-state index in [0.717, 1.165) is 80.4 Å². The first-order chi connectivity index (χ1) is 20.6. The fourth-order valence-corrected chi connectivity index (χ4v) is 6.65. The molecule has 224 valence electrons. The third-order valence-electron chi connectivity index (χ3n) is 7.86. The molecular weight excluding hydrogens is 550 g/mol. The number of amides is 1. The molecule has 3 aromatic carbocycles. The first kappa shape index (κ1) is 30.1. The van der Waals surface area contributed by atoms with Crippen molar-refractivity contribution in [3.8, 4) is 23.0 Å². The fourth-order valence-electron chi connectivity index (χ4n) is 5.51. The zero-order valence-electron chi connectivity index (χ0n) is 24.8. The van der Waals surface area contributed by atoms with Crippen LogP contribution in [0.25, 0.3) is 0 Å². The van der Waals surface area contributed by atoms with E-state index in [2.05, 4.69) is 15.1 Å². The highest BCUT2D eigenvalue weighted by Crippen LogP contribution is 2.46. The Bertz CT molecular complexity index is 1320. The van der Waals surface area contributed by atoms with E-state index in [1.807, 2.05) is 60.7 Å². The second-order valence-corrected chi connectivity index (χ2v) is 11.7. The number of nitrogens with zero attached hydrogens (tertiary/aromatic N) is 2. The summed E-state index contributed by atoms with van der Waals surface area (Å²) in [5, 5.41) is 2.72. The maximum absolute atomic E-state index is 12.9. The minimum atomic E-state index is -0.318. The highest BCUT2D eigenvalue weighted by Gasteiger charge is 2.30. The van der Waals surface area contributed by atoms with Crippen LogP contribution in [0.1, 0.15) is 29.2 Å². The lowest BCUT2D eigenvalue weighted by Crippen LogP contribution is -2.47. The van der Waals surface area contributed by atoms with Crippen LogP contribution in [0.3, 0.4) is 0 Å². The van der Waals surface area contributed by atoms with E-state index >= 15 is 0 Å². The molecule has 0 saturated carbocycles. The number of ether oxygens (including phenoxy) is 4. The summed E-state index contributed by atoms with van der Waals surface area (Å²) in [6, 6.07) is 19.9. The zero-order chi connectivity index (χ0) is 29.3. The van der Waals surface area contributed by atoms with Crippen LogP contribution in [0.4, 0.5) is 5.69 Å². The lowest BCUT2D eigenvalue weighted by molar-refractivity contribution is -0.115. The molecule has 5 rings (SSSR count). The maximum atomic E-state index is 12.9. The molecule has 2 aliphatic heterocycles. The summed E-state index contributed by atoms with van der Waals surface area (Å²) in [6.07, 6.45) is 2.99. The van der Waals surface area contributed by atoms with Gasteiger partial charge in [0.15, 0.2) is 11.5 Å². The van der Waals surface area contributed by atoms with Gasteiger partial charge in [0.1, 0.15) is 11.0 Å². The molecule has 9 heteroatoms. The van der Waals surface area contributed by atoms with Gasteiger partial charge >= 0.3 is 0 Å². The van der Waals surface area contributed by atoms with Gasteiger partial charge in [-0.1, -0.05) is 30.3 Å². The van der Waals surface area contributed by atoms with Gasteiger partial charge in [-0.25, -0.2) is 0 Å². The number of benzene rings is 3. The van der Waals surface area contributed by atoms with Crippen LogP contribution >= 0.6 is 11.8 Å². The SMILES string of the molecule is COc1cc(CCN2CCN(CCCCOc3ccccc3C3Sc4ccccc4NC3=O)CC2)cc(OC)c1OC. The molecule has 1 atom stereocenters. The predicted molar refractivity (Wildman–Crippen MR) is 168 cm³/mol. The zero-order valence-corrected chi connectivity index (χ0v) is 25.6. The Hall–Kier alpha value is -3.40. The quantitative estimate of drug-likeness (QED) is 0.261. The number of carbonyl (C=O) groups is 1. The lowest BCUT2D eigenvalue weighted by atomic mass is 10.1. The minimum absolute atomic E-state index is 0.00246. The molecule has 1 unspecified atom stereocenters. The van der Waals surface area contributed by atoms with Gasteiger partial charge in [0.25, 0.3) is 0 Å². The topological polar surface area (TPSA) is 72.5 Å². The molecule has 3 aromatic rings. The van der Waals surface area contributed by atoms with E-state index in [0.29, 0.717) is 23.9 Å². The fraction of sp³-hybridized carbons (Fsp3) is 0.424. The van der Waals surface area contributed by atoms with Crippen LogP contribution in [-0.4, -0.2) is 82.9 Å². The van der Waals surface area contributed by atoms with Crippen molar-refractivity contribution >= 4 is 23.4 Å². The number of para-hydroxylation sites is 2. The van der Waals surface area contributed by atoms with E-state index in [4.69, 9.17) is 18.9 Å². The number of rotatable bonds is 13. The van der Waals surface area contributed by atoms with E-state index in [1.54, 1.807) is 33.1 Å². The molecule has 1 saturated heterocycles. The molecule has 42 heavy (non-hydrogen) atoms. The molecule has 2 aliphatic rings. The Labute approximate surface area is 253 Å². The Morgan fingerprint density at radius 1 is 0.810 bits per heavy atom. The van der Waals surface area contributed by atoms with Crippen LogP contribution < -0.4 is 24.3 Å². The molecule has 0 aliphatic carbocycles. The normalized spacial score (nSPS) is 17.3. The molecule has 1 N–H and O–H groups in total. The van der Waals surface area contributed by atoms with Crippen molar-refractivity contribution in [2.75, 3.05) is 72.5 Å². The molecule has 2 heterocycles. The summed E-state index contributed by atoms with van der Waals surface area (Å²) in [6.45, 7) is 7.01. The molecule has 0 bridgehead atoms. The Morgan fingerprint density at radius 3 is 2.19 bits per heavy atom. The monoisotopic (exact) mass is 591 g/mol. The summed E-state index contributed by atoms with van der Waals surface area (Å²) in [7, 11) is 4.94. The van der Waals surface area contributed by atoms with Crippen molar-refractivity contribution in [1.29, 1.82) is 0 Å². The number of thioether (sulfide) groups is 1. The van der Waals surface area contributed by atoms with Crippen molar-refractivity contribution in [1.82, 2.24) is 9.80 Å². The van der Waals surface area contributed by atoms with Gasteiger partial charge in [-0.2, -0.15) is 0 Å². The van der Waals surface area contributed by atoms with E-state index in [1.165, 1.54) is 5.56 Å². The molecule has 0 spiro atoms. The molecule has 0 radical (unpaired) electrons. The van der Waals surface area contributed by atoms with Gasteiger partial charge in [-0.05, 0) is 61.7 Å². The van der Waals surface area contributed by atoms with Gasteiger partial charge < -0.3 is 34.1 Å². The van der Waals surface area contributed by atoms with Crippen molar-refractivity contribution in [2.24, 2.45) is 0 Å². The molecular formula is C33H41N3O5S. The Morgan fingerprint density at radius 2 is 1.48 bits per heavy atom. The van der Waals surface area contributed by atoms with Crippen LogP contribution in [0.2, 0.25) is 0 Å². The summed E-state index contributed by atoms with van der Waals surface area (Å²) in [4.78, 5) is 19.0. The molecule has 8 nitrogen and oxygen atoms in total. The van der Waals surface area contributed by atoms with Crippen molar-refractivity contribution in [3.63, 3.8) is 0 Å². The smallest absolute Gasteiger partial charge is 0.242 e. The highest BCUT2D eigenvalue weighted by atomic mass is 32.2. The highest BCUT2D eigenvalue weighted by molar-refractivity contribution is 8.00. The predicted octanol–water partition coefficient (Wildman–Crippen LogP) is 5.52. The Balaban J connectivity index is 1.02. The number of piperazine rings is 1. The third kappa shape index (κ3) is 7.32. The molecule has 0 aromatic heterocycles. The van der Waals surface area contributed by atoms with Crippen LogP contribution in [0.5, 0.6) is 23.0 Å². The number of anilines is 1. The van der Waals surface area contributed by atoms with Gasteiger partial charge in [-0.15, -0.1) is 11.8 Å². The summed E-state index contributed by atoms with van der Waals surface area (Å²) in [5.74, 6) is 2.83. The van der Waals surface area contributed by atoms with Gasteiger partial charge in [-0.3, -0.25) is 4.79 Å². The average Bonchev–Trinajstić information content (AvgIpc) is 3.03. The lowest BCUT2D eigenvalue weighted by Gasteiger charge is -2.34. The number of fused-ring (bicyclic) bond motifs is 1. The van der Waals surface area contributed by atoms with Crippen LogP contribution in [-0.2, 0) is 11.2 Å². The number of nitrogens with one attached hydrogen (secondary N) is 1. The second-order valence-electron chi connectivity index (χ2n) is 10.5. The van der Waals surface area contributed by atoms with Gasteiger partial charge in [0.2, 0.25) is 11.7 Å². The van der Waals surface area contributed by atoms with E-state index < -0.39 is 0 Å². The minimum Gasteiger partial charge on any atom is -0.493 e. The van der Waals surface area contributed by atoms with Crippen molar-refractivity contribution in [2.45, 2.75) is 29.4 Å². The van der Waals surface area contributed by atoms with Crippen molar-refractivity contribution < 1.29 is 23.7 Å². The number of carbonyl (C=O) groups excluding carboxylic acids is 1. The number of unbranched alkanes of at least 4 members (excludes halogenated alkanes) is 1. The maximum Gasteiger partial charge on any atom is 0.242 e. The molecule has 1 amide bonds. The summed E-state index contributed by atoms with van der Waals surface area (Å²) in [5.41, 5.74) is 2.99. The first-order valence-electron chi connectivity index (χ1n) is 14.6.